The molecule has 0 bridgehead atoms. The lowest BCUT2D eigenvalue weighted by Crippen LogP contribution is -2.26. The molecule has 90 valence electrons. The number of nitrogens with one attached hydrogen (secondary N) is 2. The molecule has 0 radical (unpaired) electrons. The van der Waals surface area contributed by atoms with Crippen LogP contribution in [0.4, 0.5) is 10.5 Å². The summed E-state index contributed by atoms with van der Waals surface area (Å²) in [5, 5.41) is 5.10. The highest BCUT2D eigenvalue weighted by atomic mass is 16.5. The summed E-state index contributed by atoms with van der Waals surface area (Å²) in [6, 6.07) is 6.00. The fraction of sp³-hybridized carbons (Fsp3) is 0.167. The lowest BCUT2D eigenvalue weighted by Gasteiger charge is -2.07. The molecule has 17 heavy (non-hydrogen) atoms. The average Bonchev–Trinajstić information content (AvgIpc) is 2.28. The second-order valence-corrected chi connectivity index (χ2v) is 3.43. The molecule has 5 heteroatoms. The Bertz CT molecular complexity index is 438. The summed E-state index contributed by atoms with van der Waals surface area (Å²) in [5.41, 5.74) is 1.56. The maximum absolute atomic E-state index is 11.3. The van der Waals surface area contributed by atoms with Crippen LogP contribution in [0.3, 0.4) is 0 Å². The number of amides is 2. The summed E-state index contributed by atoms with van der Waals surface area (Å²) < 4.78 is 4.56. The Kier molecular flexibility index (Phi) is 4.28. The highest BCUT2D eigenvalue weighted by Gasteiger charge is 2.05. The van der Waals surface area contributed by atoms with Crippen molar-refractivity contribution in [3.05, 3.63) is 42.1 Å². The van der Waals surface area contributed by atoms with Crippen molar-refractivity contribution in [3.8, 4) is 0 Å². The molecule has 0 atom stereocenters. The van der Waals surface area contributed by atoms with E-state index in [0.717, 1.165) is 0 Å². The van der Waals surface area contributed by atoms with Crippen LogP contribution in [0.2, 0.25) is 0 Å². The molecule has 0 saturated heterocycles. The first-order valence-corrected chi connectivity index (χ1v) is 4.95. The van der Waals surface area contributed by atoms with Crippen LogP contribution in [0.15, 0.2) is 36.5 Å². The van der Waals surface area contributed by atoms with Gasteiger partial charge < -0.3 is 15.4 Å². The number of ether oxygens (including phenoxy) is 1. The largest absolute Gasteiger partial charge is 0.465 e. The fourth-order valence-corrected chi connectivity index (χ4v) is 1.16. The van der Waals surface area contributed by atoms with E-state index in [9.17, 15) is 9.59 Å². The molecule has 0 aliphatic rings. The van der Waals surface area contributed by atoms with Gasteiger partial charge in [0.15, 0.2) is 0 Å². The van der Waals surface area contributed by atoms with Crippen LogP contribution in [0, 0.1) is 0 Å². The predicted molar refractivity (Wildman–Crippen MR) is 64.7 cm³/mol. The van der Waals surface area contributed by atoms with E-state index in [1.54, 1.807) is 31.2 Å². The third kappa shape index (κ3) is 3.98. The van der Waals surface area contributed by atoms with E-state index >= 15 is 0 Å². The van der Waals surface area contributed by atoms with Gasteiger partial charge in [0.05, 0.1) is 12.7 Å². The zero-order valence-electron chi connectivity index (χ0n) is 9.74. The normalized spacial score (nSPS) is 9.29. The van der Waals surface area contributed by atoms with Crippen molar-refractivity contribution in [2.24, 2.45) is 0 Å². The Morgan fingerprint density at radius 1 is 1.24 bits per heavy atom. The summed E-state index contributed by atoms with van der Waals surface area (Å²) in [7, 11) is 1.31. The Balaban J connectivity index is 2.65. The molecule has 1 rings (SSSR count). The number of carbonyl (C=O) groups is 2. The van der Waals surface area contributed by atoms with Crippen LogP contribution < -0.4 is 10.6 Å². The zero-order valence-corrected chi connectivity index (χ0v) is 9.74. The van der Waals surface area contributed by atoms with E-state index in [1.807, 2.05) is 0 Å². The molecule has 1 aromatic rings. The molecule has 0 aliphatic carbocycles. The number of esters is 1. The monoisotopic (exact) mass is 234 g/mol. The molecule has 0 spiro atoms. The lowest BCUT2D eigenvalue weighted by atomic mass is 10.2. The van der Waals surface area contributed by atoms with Crippen molar-refractivity contribution in [3.63, 3.8) is 0 Å². The SMILES string of the molecule is C=C(C)NC(=O)Nc1ccc(C(=O)OC)cc1. The predicted octanol–water partition coefficient (Wildman–Crippen LogP) is 2.13. The van der Waals surface area contributed by atoms with Crippen molar-refractivity contribution >= 4 is 17.7 Å². The maximum Gasteiger partial charge on any atom is 0.337 e. The highest BCUT2D eigenvalue weighted by molar-refractivity contribution is 5.92. The quantitative estimate of drug-likeness (QED) is 0.787. The smallest absolute Gasteiger partial charge is 0.337 e. The lowest BCUT2D eigenvalue weighted by molar-refractivity contribution is 0.0601. The van der Waals surface area contributed by atoms with Gasteiger partial charge in [0.1, 0.15) is 0 Å². The number of urea groups is 1. The molecule has 0 saturated carbocycles. The van der Waals surface area contributed by atoms with Gasteiger partial charge in [-0.15, -0.1) is 0 Å². The third-order valence-corrected chi connectivity index (χ3v) is 1.89. The van der Waals surface area contributed by atoms with E-state index in [4.69, 9.17) is 0 Å². The van der Waals surface area contributed by atoms with Crippen molar-refractivity contribution in [2.45, 2.75) is 6.92 Å². The molecule has 0 fully saturated rings. The van der Waals surface area contributed by atoms with Gasteiger partial charge in [-0.1, -0.05) is 6.58 Å². The molecule has 0 heterocycles. The molecule has 2 amide bonds. The number of hydrogen-bond donors (Lipinski definition) is 2. The van der Waals surface area contributed by atoms with Gasteiger partial charge in [0.25, 0.3) is 0 Å². The van der Waals surface area contributed by atoms with Crippen LogP contribution in [-0.4, -0.2) is 19.1 Å². The number of methoxy groups -OCH3 is 1. The second-order valence-electron chi connectivity index (χ2n) is 3.43. The molecule has 0 aliphatic heterocycles. The summed E-state index contributed by atoms with van der Waals surface area (Å²) in [4.78, 5) is 22.5. The van der Waals surface area contributed by atoms with Gasteiger partial charge >= 0.3 is 12.0 Å². The van der Waals surface area contributed by atoms with Crippen LogP contribution in [0.1, 0.15) is 17.3 Å². The first-order valence-electron chi connectivity index (χ1n) is 4.95. The van der Waals surface area contributed by atoms with Gasteiger partial charge in [-0.2, -0.15) is 0 Å². The van der Waals surface area contributed by atoms with Crippen molar-refractivity contribution < 1.29 is 14.3 Å². The molecule has 1 aromatic carbocycles. The molecule has 2 N–H and O–H groups in total. The number of allylic oxidation sites excluding steroid dienone is 1. The van der Waals surface area contributed by atoms with Crippen LogP contribution in [0.5, 0.6) is 0 Å². The van der Waals surface area contributed by atoms with E-state index < -0.39 is 5.97 Å². The minimum Gasteiger partial charge on any atom is -0.465 e. The number of rotatable bonds is 3. The van der Waals surface area contributed by atoms with Crippen LogP contribution >= 0.6 is 0 Å². The van der Waals surface area contributed by atoms with Gasteiger partial charge in [-0.25, -0.2) is 9.59 Å². The Morgan fingerprint density at radius 2 is 1.82 bits per heavy atom. The van der Waals surface area contributed by atoms with Crippen LogP contribution in [-0.2, 0) is 4.74 Å². The summed E-state index contributed by atoms with van der Waals surface area (Å²) in [6.45, 7) is 5.23. The van der Waals surface area contributed by atoms with E-state index in [-0.39, 0.29) is 6.03 Å². The maximum atomic E-state index is 11.3. The molecular weight excluding hydrogens is 220 g/mol. The first-order chi connectivity index (χ1) is 8.02. The van der Waals surface area contributed by atoms with Crippen molar-refractivity contribution in [1.82, 2.24) is 5.32 Å². The second kappa shape index (κ2) is 5.69. The number of hydrogen-bond acceptors (Lipinski definition) is 3. The molecule has 5 nitrogen and oxygen atoms in total. The average molecular weight is 234 g/mol. The van der Waals surface area contributed by atoms with Gasteiger partial charge in [0.2, 0.25) is 0 Å². The van der Waals surface area contributed by atoms with Crippen molar-refractivity contribution in [1.29, 1.82) is 0 Å². The number of carbonyl (C=O) groups excluding carboxylic acids is 2. The number of benzene rings is 1. The standard InChI is InChI=1S/C12H14N2O3/c1-8(2)13-12(16)14-10-6-4-9(5-7-10)11(15)17-3/h4-7H,1H2,2-3H3,(H2,13,14,16). The van der Waals surface area contributed by atoms with Crippen molar-refractivity contribution in [2.75, 3.05) is 12.4 Å². The Morgan fingerprint density at radius 3 is 2.29 bits per heavy atom. The first kappa shape index (κ1) is 12.8. The molecule has 0 unspecified atom stereocenters. The third-order valence-electron chi connectivity index (χ3n) is 1.89. The zero-order chi connectivity index (χ0) is 12.8. The fourth-order valence-electron chi connectivity index (χ4n) is 1.16. The van der Waals surface area contributed by atoms with Gasteiger partial charge in [0, 0.05) is 11.4 Å². The van der Waals surface area contributed by atoms with Gasteiger partial charge in [-0.05, 0) is 31.2 Å². The summed E-state index contributed by atoms with van der Waals surface area (Å²) in [5.74, 6) is -0.414. The summed E-state index contributed by atoms with van der Waals surface area (Å²) >= 11 is 0. The Labute approximate surface area is 99.5 Å². The minimum atomic E-state index is -0.414. The van der Waals surface area contributed by atoms with E-state index in [0.29, 0.717) is 16.9 Å². The molecule has 0 aromatic heterocycles. The van der Waals surface area contributed by atoms with E-state index in [1.165, 1.54) is 7.11 Å². The highest BCUT2D eigenvalue weighted by Crippen LogP contribution is 2.10. The number of anilines is 1. The molecular formula is C12H14N2O3. The minimum absolute atomic E-state index is 0.372. The Hall–Kier alpha value is -2.30. The summed E-state index contributed by atoms with van der Waals surface area (Å²) in [6.07, 6.45) is 0. The van der Waals surface area contributed by atoms with Gasteiger partial charge in [-0.3, -0.25) is 0 Å². The van der Waals surface area contributed by atoms with E-state index in [2.05, 4.69) is 21.9 Å². The topological polar surface area (TPSA) is 67.4 Å². The van der Waals surface area contributed by atoms with Crippen LogP contribution in [0.25, 0.3) is 0 Å².